The summed E-state index contributed by atoms with van der Waals surface area (Å²) in [6.45, 7) is 4.34. The van der Waals surface area contributed by atoms with E-state index < -0.39 is 0 Å². The average Bonchev–Trinajstić information content (AvgIpc) is 2.63. The lowest BCUT2D eigenvalue weighted by Crippen LogP contribution is -2.39. The van der Waals surface area contributed by atoms with E-state index in [1.807, 2.05) is 62.4 Å². The Kier molecular flexibility index (Phi) is 4.93. The van der Waals surface area contributed by atoms with E-state index in [0.29, 0.717) is 18.7 Å². The molecule has 2 aromatic rings. The number of carbonyl (C=O) groups is 2. The maximum atomic E-state index is 12.4. The SMILES string of the molecule is Cc1ccc(C)c(N2N=C(C(=O)NCc3ccccc3)CCC2=O)c1. The first-order chi connectivity index (χ1) is 12.0. The Hall–Kier alpha value is -2.95. The molecule has 0 radical (unpaired) electrons. The fourth-order valence-corrected chi connectivity index (χ4v) is 2.73. The van der Waals surface area contributed by atoms with Crippen LogP contribution in [0, 0.1) is 13.8 Å². The molecule has 0 aromatic heterocycles. The second-order valence-corrected chi connectivity index (χ2v) is 6.21. The summed E-state index contributed by atoms with van der Waals surface area (Å²) in [4.78, 5) is 24.7. The van der Waals surface area contributed by atoms with Crippen LogP contribution in [0.25, 0.3) is 0 Å². The molecule has 0 saturated carbocycles. The molecule has 0 unspecified atom stereocenters. The number of anilines is 1. The number of aryl methyl sites for hydroxylation is 2. The predicted molar refractivity (Wildman–Crippen MR) is 98.4 cm³/mol. The summed E-state index contributed by atoms with van der Waals surface area (Å²) in [5.74, 6) is -0.319. The summed E-state index contributed by atoms with van der Waals surface area (Å²) >= 11 is 0. The van der Waals surface area contributed by atoms with Crippen LogP contribution in [-0.4, -0.2) is 17.5 Å². The van der Waals surface area contributed by atoms with Gasteiger partial charge in [0.25, 0.3) is 5.91 Å². The van der Waals surface area contributed by atoms with E-state index in [0.717, 1.165) is 22.4 Å². The van der Waals surface area contributed by atoms with Crippen LogP contribution in [0.5, 0.6) is 0 Å². The van der Waals surface area contributed by atoms with E-state index in [1.54, 1.807) is 0 Å². The molecule has 1 N–H and O–H groups in total. The summed E-state index contributed by atoms with van der Waals surface area (Å²) in [6.07, 6.45) is 0.645. The van der Waals surface area contributed by atoms with Crippen LogP contribution >= 0.6 is 0 Å². The topological polar surface area (TPSA) is 61.8 Å². The Morgan fingerprint density at radius 2 is 1.88 bits per heavy atom. The Morgan fingerprint density at radius 1 is 1.12 bits per heavy atom. The number of benzene rings is 2. The quantitative estimate of drug-likeness (QED) is 0.933. The molecule has 0 aliphatic carbocycles. The van der Waals surface area contributed by atoms with Crippen molar-refractivity contribution in [3.05, 3.63) is 65.2 Å². The van der Waals surface area contributed by atoms with Crippen LogP contribution in [0.2, 0.25) is 0 Å². The number of nitrogens with one attached hydrogen (secondary N) is 1. The van der Waals surface area contributed by atoms with Crippen molar-refractivity contribution >= 4 is 23.2 Å². The van der Waals surface area contributed by atoms with Gasteiger partial charge in [0.15, 0.2) is 0 Å². The average molecular weight is 335 g/mol. The van der Waals surface area contributed by atoms with Crippen molar-refractivity contribution in [2.24, 2.45) is 5.10 Å². The Balaban J connectivity index is 1.78. The van der Waals surface area contributed by atoms with E-state index >= 15 is 0 Å². The van der Waals surface area contributed by atoms with E-state index in [1.165, 1.54) is 5.01 Å². The molecule has 1 aliphatic rings. The highest BCUT2D eigenvalue weighted by molar-refractivity contribution is 6.40. The zero-order valence-electron chi connectivity index (χ0n) is 14.5. The van der Waals surface area contributed by atoms with Gasteiger partial charge in [-0.3, -0.25) is 9.59 Å². The fraction of sp³-hybridized carbons (Fsp3) is 0.250. The molecule has 25 heavy (non-hydrogen) atoms. The standard InChI is InChI=1S/C20H21N3O2/c1-14-8-9-15(2)18(12-14)23-19(24)11-10-17(22-23)20(25)21-13-16-6-4-3-5-7-16/h3-9,12H,10-11,13H2,1-2H3,(H,21,25). The highest BCUT2D eigenvalue weighted by atomic mass is 16.2. The lowest BCUT2D eigenvalue weighted by Gasteiger charge is -2.24. The lowest BCUT2D eigenvalue weighted by molar-refractivity contribution is -0.119. The van der Waals surface area contributed by atoms with Gasteiger partial charge >= 0.3 is 0 Å². The van der Waals surface area contributed by atoms with E-state index in [9.17, 15) is 9.59 Å². The van der Waals surface area contributed by atoms with Gasteiger partial charge < -0.3 is 5.32 Å². The molecule has 0 saturated heterocycles. The molecular formula is C20H21N3O2. The van der Waals surface area contributed by atoms with Gasteiger partial charge in [-0.05, 0) is 36.6 Å². The van der Waals surface area contributed by atoms with Gasteiger partial charge in [0.1, 0.15) is 5.71 Å². The summed E-state index contributed by atoms with van der Waals surface area (Å²) in [5, 5.41) is 8.57. The number of hydrazone groups is 1. The van der Waals surface area contributed by atoms with Crippen molar-refractivity contribution in [2.45, 2.75) is 33.2 Å². The van der Waals surface area contributed by atoms with Gasteiger partial charge in [0.2, 0.25) is 5.91 Å². The van der Waals surface area contributed by atoms with Gasteiger partial charge in [-0.15, -0.1) is 0 Å². The van der Waals surface area contributed by atoms with Gasteiger partial charge in [-0.1, -0.05) is 42.5 Å². The maximum absolute atomic E-state index is 12.4. The molecule has 0 bridgehead atoms. The molecule has 0 fully saturated rings. The molecule has 1 aliphatic heterocycles. The Labute approximate surface area is 147 Å². The minimum atomic E-state index is -0.230. The van der Waals surface area contributed by atoms with E-state index in [2.05, 4.69) is 10.4 Å². The van der Waals surface area contributed by atoms with Crippen molar-refractivity contribution < 1.29 is 9.59 Å². The predicted octanol–water partition coefficient (Wildman–Crippen LogP) is 3.10. The molecule has 5 heteroatoms. The zero-order valence-corrected chi connectivity index (χ0v) is 14.5. The number of hydrogen-bond acceptors (Lipinski definition) is 3. The van der Waals surface area contributed by atoms with Gasteiger partial charge in [0, 0.05) is 19.4 Å². The first kappa shape index (κ1) is 16.9. The third-order valence-corrected chi connectivity index (χ3v) is 4.18. The third kappa shape index (κ3) is 3.94. The number of rotatable bonds is 4. The summed E-state index contributed by atoms with van der Waals surface area (Å²) in [7, 11) is 0. The largest absolute Gasteiger partial charge is 0.347 e. The Morgan fingerprint density at radius 3 is 2.64 bits per heavy atom. The normalized spacial score (nSPS) is 14.2. The molecule has 0 spiro atoms. The molecule has 0 atom stereocenters. The van der Waals surface area contributed by atoms with Crippen LogP contribution in [0.1, 0.15) is 29.5 Å². The Bertz CT molecular complexity index is 828. The monoisotopic (exact) mass is 335 g/mol. The molecule has 3 rings (SSSR count). The van der Waals surface area contributed by atoms with Crippen molar-refractivity contribution in [3.8, 4) is 0 Å². The summed E-state index contributed by atoms with van der Waals surface area (Å²) in [5.41, 5.74) is 4.14. The van der Waals surface area contributed by atoms with Gasteiger partial charge in [-0.2, -0.15) is 5.10 Å². The second kappa shape index (κ2) is 7.30. The van der Waals surface area contributed by atoms with Crippen molar-refractivity contribution in [2.75, 3.05) is 5.01 Å². The van der Waals surface area contributed by atoms with E-state index in [-0.39, 0.29) is 18.2 Å². The van der Waals surface area contributed by atoms with Crippen molar-refractivity contribution in [1.29, 1.82) is 0 Å². The highest BCUT2D eigenvalue weighted by Crippen LogP contribution is 2.25. The van der Waals surface area contributed by atoms with Crippen molar-refractivity contribution in [1.82, 2.24) is 5.32 Å². The highest BCUT2D eigenvalue weighted by Gasteiger charge is 2.26. The van der Waals surface area contributed by atoms with Gasteiger partial charge in [0.05, 0.1) is 5.69 Å². The lowest BCUT2D eigenvalue weighted by atomic mass is 10.1. The summed E-state index contributed by atoms with van der Waals surface area (Å²) in [6, 6.07) is 15.6. The number of amides is 2. The van der Waals surface area contributed by atoms with Crippen LogP contribution in [-0.2, 0) is 16.1 Å². The first-order valence-corrected chi connectivity index (χ1v) is 8.34. The molecule has 128 valence electrons. The van der Waals surface area contributed by atoms with Crippen LogP contribution in [0.4, 0.5) is 5.69 Å². The number of hydrogen-bond donors (Lipinski definition) is 1. The minimum absolute atomic E-state index is 0.0895. The molecule has 2 amide bonds. The van der Waals surface area contributed by atoms with Crippen molar-refractivity contribution in [3.63, 3.8) is 0 Å². The second-order valence-electron chi connectivity index (χ2n) is 6.21. The fourth-order valence-electron chi connectivity index (χ4n) is 2.73. The van der Waals surface area contributed by atoms with Crippen LogP contribution in [0.15, 0.2) is 53.6 Å². The minimum Gasteiger partial charge on any atom is -0.347 e. The molecule has 2 aromatic carbocycles. The smallest absolute Gasteiger partial charge is 0.267 e. The van der Waals surface area contributed by atoms with E-state index in [4.69, 9.17) is 0 Å². The molecular weight excluding hydrogens is 314 g/mol. The third-order valence-electron chi connectivity index (χ3n) is 4.18. The molecule has 1 heterocycles. The van der Waals surface area contributed by atoms with Crippen LogP contribution < -0.4 is 10.3 Å². The van der Waals surface area contributed by atoms with Crippen LogP contribution in [0.3, 0.4) is 0 Å². The number of nitrogens with zero attached hydrogens (tertiary/aromatic N) is 2. The first-order valence-electron chi connectivity index (χ1n) is 8.34. The summed E-state index contributed by atoms with van der Waals surface area (Å²) < 4.78 is 0. The number of carbonyl (C=O) groups excluding carboxylic acids is 2. The molecule has 5 nitrogen and oxygen atoms in total. The van der Waals surface area contributed by atoms with Gasteiger partial charge in [-0.25, -0.2) is 5.01 Å². The maximum Gasteiger partial charge on any atom is 0.267 e. The zero-order chi connectivity index (χ0) is 17.8.